The lowest BCUT2D eigenvalue weighted by Crippen LogP contribution is -2.30. The van der Waals surface area contributed by atoms with Crippen LogP contribution in [0.3, 0.4) is 0 Å². The van der Waals surface area contributed by atoms with Crippen molar-refractivity contribution in [1.29, 1.82) is 0 Å². The lowest BCUT2D eigenvalue weighted by atomic mass is 10.1. The van der Waals surface area contributed by atoms with Gasteiger partial charge in [0.2, 0.25) is 0 Å². The van der Waals surface area contributed by atoms with Crippen LogP contribution >= 0.6 is 0 Å². The Bertz CT molecular complexity index is 756. The zero-order valence-corrected chi connectivity index (χ0v) is 12.3. The molecule has 1 fully saturated rings. The number of aliphatic hydroxyl groups is 1. The molecular weight excluding hydrogens is 292 g/mol. The summed E-state index contributed by atoms with van der Waals surface area (Å²) in [4.78, 5) is 4.10. The zero-order valence-electron chi connectivity index (χ0n) is 11.5. The van der Waals surface area contributed by atoms with Gasteiger partial charge in [-0.15, -0.1) is 0 Å². The third-order valence-electron chi connectivity index (χ3n) is 3.88. The van der Waals surface area contributed by atoms with E-state index >= 15 is 0 Å². The van der Waals surface area contributed by atoms with Crippen LogP contribution < -0.4 is 5.73 Å². The third kappa shape index (κ3) is 2.39. The maximum Gasteiger partial charge on any atom is 0.262 e. The molecule has 2 aromatic rings. The summed E-state index contributed by atoms with van der Waals surface area (Å²) in [6.45, 7) is 0.950. The second-order valence-corrected chi connectivity index (χ2v) is 7.11. The predicted molar refractivity (Wildman–Crippen MR) is 78.2 cm³/mol. The smallest absolute Gasteiger partial charge is 0.262 e. The van der Waals surface area contributed by atoms with Gasteiger partial charge in [-0.3, -0.25) is 4.40 Å². The molecule has 0 amide bonds. The van der Waals surface area contributed by atoms with Crippen LogP contribution in [0.5, 0.6) is 0 Å². The van der Waals surface area contributed by atoms with Gasteiger partial charge < -0.3 is 10.8 Å². The number of aromatic nitrogens is 2. The van der Waals surface area contributed by atoms with Crippen LogP contribution in [0.4, 0.5) is 5.82 Å². The van der Waals surface area contributed by atoms with Crippen LogP contribution in [0, 0.1) is 5.92 Å². The number of aliphatic hydroxyl groups excluding tert-OH is 1. The summed E-state index contributed by atoms with van der Waals surface area (Å²) in [5, 5.41) is 9.01. The first kappa shape index (κ1) is 14.3. The lowest BCUT2D eigenvalue weighted by Gasteiger charge is -2.16. The van der Waals surface area contributed by atoms with Crippen molar-refractivity contribution in [1.82, 2.24) is 13.7 Å². The molecule has 0 spiro atoms. The average molecular weight is 310 g/mol. The number of nitrogen functional groups attached to an aromatic ring is 1. The SMILES string of the molecule is Nc1nc2ccccn2c1S(=O)(=O)N1CCC(CCO)C1. The van der Waals surface area contributed by atoms with Crippen molar-refractivity contribution < 1.29 is 13.5 Å². The topological polar surface area (TPSA) is 101 Å². The highest BCUT2D eigenvalue weighted by Gasteiger charge is 2.35. The monoisotopic (exact) mass is 310 g/mol. The number of nitrogens with zero attached hydrogens (tertiary/aromatic N) is 3. The molecular formula is C13H18N4O3S. The number of hydrogen-bond donors (Lipinski definition) is 2. The van der Waals surface area contributed by atoms with Gasteiger partial charge in [-0.05, 0) is 30.9 Å². The number of imidazole rings is 1. The average Bonchev–Trinajstić information content (AvgIpc) is 3.02. The minimum absolute atomic E-state index is 0.0202. The van der Waals surface area contributed by atoms with E-state index in [0.29, 0.717) is 25.2 Å². The number of anilines is 1. The largest absolute Gasteiger partial charge is 0.396 e. The van der Waals surface area contributed by atoms with Crippen LogP contribution in [0.2, 0.25) is 0 Å². The number of rotatable bonds is 4. The summed E-state index contributed by atoms with van der Waals surface area (Å²) in [5.41, 5.74) is 6.34. The summed E-state index contributed by atoms with van der Waals surface area (Å²) in [6, 6.07) is 5.24. The van der Waals surface area contributed by atoms with Crippen molar-refractivity contribution >= 4 is 21.5 Å². The molecule has 0 aliphatic carbocycles. The lowest BCUT2D eigenvalue weighted by molar-refractivity contribution is 0.259. The quantitative estimate of drug-likeness (QED) is 0.846. The highest BCUT2D eigenvalue weighted by atomic mass is 32.2. The predicted octanol–water partition coefficient (Wildman–Crippen LogP) is 0.309. The molecule has 8 heteroatoms. The van der Waals surface area contributed by atoms with Gasteiger partial charge in [0.15, 0.2) is 10.8 Å². The Kier molecular flexibility index (Phi) is 3.60. The Morgan fingerprint density at radius 3 is 3.00 bits per heavy atom. The van der Waals surface area contributed by atoms with E-state index in [1.807, 2.05) is 0 Å². The first-order valence-electron chi connectivity index (χ1n) is 6.87. The Balaban J connectivity index is 2.00. The molecule has 1 aliphatic rings. The molecule has 3 rings (SSSR count). The normalized spacial score (nSPS) is 20.3. The van der Waals surface area contributed by atoms with E-state index in [4.69, 9.17) is 10.8 Å². The van der Waals surface area contributed by atoms with E-state index < -0.39 is 10.0 Å². The molecule has 3 heterocycles. The Morgan fingerprint density at radius 2 is 2.24 bits per heavy atom. The first-order chi connectivity index (χ1) is 10.0. The number of pyridine rings is 1. The van der Waals surface area contributed by atoms with E-state index in [2.05, 4.69) is 4.98 Å². The molecule has 0 aromatic carbocycles. The Hall–Kier alpha value is -1.64. The van der Waals surface area contributed by atoms with E-state index in [0.717, 1.165) is 6.42 Å². The van der Waals surface area contributed by atoms with Crippen LogP contribution in [-0.2, 0) is 10.0 Å². The number of nitrogens with two attached hydrogens (primary N) is 1. The zero-order chi connectivity index (χ0) is 15.0. The molecule has 0 radical (unpaired) electrons. The number of hydrogen-bond acceptors (Lipinski definition) is 5. The fraction of sp³-hybridized carbons (Fsp3) is 0.462. The fourth-order valence-corrected chi connectivity index (χ4v) is 4.51. The molecule has 1 saturated heterocycles. The molecule has 2 aromatic heterocycles. The molecule has 0 bridgehead atoms. The van der Waals surface area contributed by atoms with Crippen molar-refractivity contribution in [3.63, 3.8) is 0 Å². The van der Waals surface area contributed by atoms with Crippen LogP contribution in [-0.4, -0.2) is 46.9 Å². The second kappa shape index (κ2) is 5.28. The standard InChI is InChI=1S/C13H18N4O3S/c14-12-13(17-6-2-1-3-11(17)15-12)21(19,20)16-7-4-10(9-16)5-8-18/h1-3,6,10,18H,4-5,7-9,14H2. The molecule has 21 heavy (non-hydrogen) atoms. The number of fused-ring (bicyclic) bond motifs is 1. The van der Waals surface area contributed by atoms with Crippen molar-refractivity contribution in [2.45, 2.75) is 17.9 Å². The van der Waals surface area contributed by atoms with Crippen molar-refractivity contribution in [2.24, 2.45) is 5.92 Å². The van der Waals surface area contributed by atoms with Crippen molar-refractivity contribution in [2.75, 3.05) is 25.4 Å². The van der Waals surface area contributed by atoms with E-state index in [-0.39, 0.29) is 23.4 Å². The summed E-state index contributed by atoms with van der Waals surface area (Å²) in [6.07, 6.45) is 3.03. The second-order valence-electron chi connectivity index (χ2n) is 5.26. The fourth-order valence-electron chi connectivity index (χ4n) is 2.80. The maximum absolute atomic E-state index is 12.8. The van der Waals surface area contributed by atoms with Gasteiger partial charge in [0.05, 0.1) is 0 Å². The van der Waals surface area contributed by atoms with Gasteiger partial charge >= 0.3 is 0 Å². The van der Waals surface area contributed by atoms with E-state index in [9.17, 15) is 8.42 Å². The highest BCUT2D eigenvalue weighted by molar-refractivity contribution is 7.89. The van der Waals surface area contributed by atoms with Crippen LogP contribution in [0.1, 0.15) is 12.8 Å². The van der Waals surface area contributed by atoms with Gasteiger partial charge in [0.1, 0.15) is 5.65 Å². The Morgan fingerprint density at radius 1 is 1.43 bits per heavy atom. The van der Waals surface area contributed by atoms with Crippen LogP contribution in [0.15, 0.2) is 29.4 Å². The van der Waals surface area contributed by atoms with Gasteiger partial charge in [-0.2, -0.15) is 4.31 Å². The molecule has 7 nitrogen and oxygen atoms in total. The Labute approximate surface area is 123 Å². The molecule has 1 aliphatic heterocycles. The minimum atomic E-state index is -3.68. The first-order valence-corrected chi connectivity index (χ1v) is 8.31. The summed E-state index contributed by atoms with van der Waals surface area (Å²) < 4.78 is 28.5. The summed E-state index contributed by atoms with van der Waals surface area (Å²) >= 11 is 0. The van der Waals surface area contributed by atoms with Gasteiger partial charge in [-0.25, -0.2) is 13.4 Å². The van der Waals surface area contributed by atoms with E-state index in [1.54, 1.807) is 24.4 Å². The van der Waals surface area contributed by atoms with Gasteiger partial charge in [0.25, 0.3) is 10.0 Å². The molecule has 1 unspecified atom stereocenters. The molecule has 114 valence electrons. The van der Waals surface area contributed by atoms with Gasteiger partial charge in [-0.1, -0.05) is 6.07 Å². The minimum Gasteiger partial charge on any atom is -0.396 e. The summed E-state index contributed by atoms with van der Waals surface area (Å²) in [5.74, 6) is 0.219. The molecule has 0 saturated carbocycles. The van der Waals surface area contributed by atoms with Gasteiger partial charge in [0, 0.05) is 25.9 Å². The van der Waals surface area contributed by atoms with Crippen molar-refractivity contribution in [3.8, 4) is 0 Å². The number of sulfonamides is 1. The third-order valence-corrected chi connectivity index (χ3v) is 5.79. The maximum atomic E-state index is 12.8. The van der Waals surface area contributed by atoms with Crippen molar-refractivity contribution in [3.05, 3.63) is 24.4 Å². The van der Waals surface area contributed by atoms with Crippen LogP contribution in [0.25, 0.3) is 5.65 Å². The summed E-state index contributed by atoms with van der Waals surface area (Å²) in [7, 11) is -3.68. The molecule has 1 atom stereocenters. The highest BCUT2D eigenvalue weighted by Crippen LogP contribution is 2.29. The van der Waals surface area contributed by atoms with E-state index in [1.165, 1.54) is 8.71 Å². The molecule has 3 N–H and O–H groups in total.